The molecule has 5 heteroatoms. The summed E-state index contributed by atoms with van der Waals surface area (Å²) in [5, 5.41) is 0.669. The maximum atomic E-state index is 6.14. The molecule has 18 heavy (non-hydrogen) atoms. The van der Waals surface area contributed by atoms with Gasteiger partial charge in [0.1, 0.15) is 11.3 Å². The van der Waals surface area contributed by atoms with E-state index in [1.807, 2.05) is 25.1 Å². The van der Waals surface area contributed by atoms with Crippen LogP contribution in [0.5, 0.6) is 0 Å². The van der Waals surface area contributed by atoms with Crippen LogP contribution in [0.25, 0.3) is 11.0 Å². The van der Waals surface area contributed by atoms with Gasteiger partial charge in [-0.1, -0.05) is 17.7 Å². The maximum Gasteiger partial charge on any atom is 0.124 e. The molecule has 0 saturated heterocycles. The predicted octanol–water partition coefficient (Wildman–Crippen LogP) is 3.86. The molecule has 1 aromatic heterocycles. The van der Waals surface area contributed by atoms with Crippen molar-refractivity contribution in [1.82, 2.24) is 9.55 Å². The first-order chi connectivity index (χ1) is 8.77. The lowest BCUT2D eigenvalue weighted by molar-refractivity contribution is 0.142. The van der Waals surface area contributed by atoms with Crippen LogP contribution in [-0.4, -0.2) is 22.8 Å². The standard InChI is InChI=1S/C13H16Cl2N2O/c1-2-18-8-4-7-17-11-6-3-5-10(15)13(11)16-12(17)9-14/h3,5-6H,2,4,7-9H2,1H3. The number of ether oxygens (including phenoxy) is 1. The quantitative estimate of drug-likeness (QED) is 0.596. The van der Waals surface area contributed by atoms with Crippen molar-refractivity contribution in [2.75, 3.05) is 13.2 Å². The molecule has 1 aromatic carbocycles. The summed E-state index contributed by atoms with van der Waals surface area (Å²) < 4.78 is 7.47. The van der Waals surface area contributed by atoms with Crippen LogP contribution in [-0.2, 0) is 17.2 Å². The Bertz CT molecular complexity index is 525. The summed E-state index contributed by atoms with van der Waals surface area (Å²) >= 11 is 12.1. The molecule has 0 aliphatic rings. The van der Waals surface area contributed by atoms with E-state index >= 15 is 0 Å². The lowest BCUT2D eigenvalue weighted by Gasteiger charge is -2.07. The second-order valence-electron chi connectivity index (χ2n) is 3.97. The summed E-state index contributed by atoms with van der Waals surface area (Å²) in [6.45, 7) is 4.34. The fourth-order valence-corrected chi connectivity index (χ4v) is 2.40. The molecule has 2 aromatic rings. The molecule has 0 atom stereocenters. The molecule has 0 bridgehead atoms. The molecule has 0 saturated carbocycles. The molecule has 3 nitrogen and oxygen atoms in total. The van der Waals surface area contributed by atoms with Crippen molar-refractivity contribution in [3.8, 4) is 0 Å². The van der Waals surface area contributed by atoms with E-state index in [0.717, 1.165) is 43.0 Å². The minimum atomic E-state index is 0.389. The molecular formula is C13H16Cl2N2O. The van der Waals surface area contributed by atoms with Gasteiger partial charge in [-0.3, -0.25) is 0 Å². The Labute approximate surface area is 117 Å². The van der Waals surface area contributed by atoms with Crippen molar-refractivity contribution >= 4 is 34.2 Å². The molecule has 1 heterocycles. The average Bonchev–Trinajstić information content (AvgIpc) is 2.74. The first-order valence-corrected chi connectivity index (χ1v) is 6.96. The van der Waals surface area contributed by atoms with E-state index in [9.17, 15) is 0 Å². The molecule has 98 valence electrons. The summed E-state index contributed by atoms with van der Waals surface area (Å²) in [5.41, 5.74) is 1.86. The molecule has 0 amide bonds. The first kappa shape index (κ1) is 13.7. The number of aryl methyl sites for hydroxylation is 1. The normalized spacial score (nSPS) is 11.3. The van der Waals surface area contributed by atoms with Crippen molar-refractivity contribution in [3.63, 3.8) is 0 Å². The SMILES string of the molecule is CCOCCCn1c(CCl)nc2c(Cl)cccc21. The third-order valence-corrected chi connectivity index (χ3v) is 3.35. The van der Waals surface area contributed by atoms with E-state index < -0.39 is 0 Å². The number of nitrogens with zero attached hydrogens (tertiary/aromatic N) is 2. The number of halogens is 2. The zero-order valence-electron chi connectivity index (χ0n) is 10.3. The average molecular weight is 287 g/mol. The van der Waals surface area contributed by atoms with E-state index in [4.69, 9.17) is 27.9 Å². The Kier molecular flexibility index (Phi) is 4.87. The van der Waals surface area contributed by atoms with Gasteiger partial charge in [0.25, 0.3) is 0 Å². The zero-order chi connectivity index (χ0) is 13.0. The van der Waals surface area contributed by atoms with Crippen molar-refractivity contribution in [3.05, 3.63) is 29.0 Å². The first-order valence-electron chi connectivity index (χ1n) is 6.05. The Morgan fingerprint density at radius 1 is 1.39 bits per heavy atom. The number of benzene rings is 1. The van der Waals surface area contributed by atoms with Crippen LogP contribution >= 0.6 is 23.2 Å². The van der Waals surface area contributed by atoms with E-state index in [0.29, 0.717) is 10.9 Å². The van der Waals surface area contributed by atoms with Gasteiger partial charge in [0.15, 0.2) is 0 Å². The number of imidazole rings is 1. The predicted molar refractivity (Wildman–Crippen MR) is 75.4 cm³/mol. The van der Waals surface area contributed by atoms with Crippen LogP contribution in [0, 0.1) is 0 Å². The molecule has 2 rings (SSSR count). The van der Waals surface area contributed by atoms with Crippen LogP contribution in [0.2, 0.25) is 5.02 Å². The number of hydrogen-bond acceptors (Lipinski definition) is 2. The summed E-state index contributed by atoms with van der Waals surface area (Å²) in [4.78, 5) is 4.49. The van der Waals surface area contributed by atoms with Crippen LogP contribution in [0.1, 0.15) is 19.2 Å². The summed E-state index contributed by atoms with van der Waals surface area (Å²) in [5.74, 6) is 1.25. The second-order valence-corrected chi connectivity index (χ2v) is 4.65. The largest absolute Gasteiger partial charge is 0.382 e. The number of alkyl halides is 1. The summed E-state index contributed by atoms with van der Waals surface area (Å²) in [6, 6.07) is 5.80. The van der Waals surface area contributed by atoms with E-state index in [1.54, 1.807) is 0 Å². The van der Waals surface area contributed by atoms with Crippen molar-refractivity contribution in [1.29, 1.82) is 0 Å². The highest BCUT2D eigenvalue weighted by atomic mass is 35.5. The van der Waals surface area contributed by atoms with Gasteiger partial charge in [-0.05, 0) is 25.5 Å². The van der Waals surface area contributed by atoms with Crippen molar-refractivity contribution in [2.45, 2.75) is 25.8 Å². The van der Waals surface area contributed by atoms with Crippen LogP contribution in [0.4, 0.5) is 0 Å². The minimum absolute atomic E-state index is 0.389. The van der Waals surface area contributed by atoms with Gasteiger partial charge in [-0.25, -0.2) is 4.98 Å². The summed E-state index contributed by atoms with van der Waals surface area (Å²) in [7, 11) is 0. The number of hydrogen-bond donors (Lipinski definition) is 0. The number of rotatable bonds is 6. The Hall–Kier alpha value is -0.770. The molecule has 0 spiro atoms. The Morgan fingerprint density at radius 2 is 2.22 bits per heavy atom. The topological polar surface area (TPSA) is 27.1 Å². The van der Waals surface area contributed by atoms with E-state index in [-0.39, 0.29) is 0 Å². The third kappa shape index (κ3) is 2.79. The molecular weight excluding hydrogens is 271 g/mol. The van der Waals surface area contributed by atoms with Gasteiger partial charge in [-0.2, -0.15) is 0 Å². The van der Waals surface area contributed by atoms with Gasteiger partial charge in [0.05, 0.1) is 16.4 Å². The molecule has 0 fully saturated rings. The smallest absolute Gasteiger partial charge is 0.124 e. The van der Waals surface area contributed by atoms with Crippen LogP contribution < -0.4 is 0 Å². The molecule has 0 aliphatic carbocycles. The zero-order valence-corrected chi connectivity index (χ0v) is 11.8. The lowest BCUT2D eigenvalue weighted by Crippen LogP contribution is -2.05. The van der Waals surface area contributed by atoms with Crippen molar-refractivity contribution in [2.24, 2.45) is 0 Å². The fourth-order valence-electron chi connectivity index (χ4n) is 1.98. The van der Waals surface area contributed by atoms with Gasteiger partial charge < -0.3 is 9.30 Å². The van der Waals surface area contributed by atoms with Crippen LogP contribution in [0.3, 0.4) is 0 Å². The Morgan fingerprint density at radius 3 is 2.94 bits per heavy atom. The highest BCUT2D eigenvalue weighted by Gasteiger charge is 2.11. The number of aromatic nitrogens is 2. The second kappa shape index (κ2) is 6.41. The van der Waals surface area contributed by atoms with Crippen molar-refractivity contribution < 1.29 is 4.74 Å². The number of fused-ring (bicyclic) bond motifs is 1. The molecule has 0 radical (unpaired) electrons. The third-order valence-electron chi connectivity index (χ3n) is 2.80. The molecule has 0 N–H and O–H groups in total. The van der Waals surface area contributed by atoms with Gasteiger partial charge >= 0.3 is 0 Å². The Balaban J connectivity index is 2.26. The monoisotopic (exact) mass is 286 g/mol. The fraction of sp³-hybridized carbons (Fsp3) is 0.462. The maximum absolute atomic E-state index is 6.14. The van der Waals surface area contributed by atoms with Crippen LogP contribution in [0.15, 0.2) is 18.2 Å². The van der Waals surface area contributed by atoms with E-state index in [1.165, 1.54) is 0 Å². The van der Waals surface area contributed by atoms with Gasteiger partial charge in [0, 0.05) is 19.8 Å². The number of para-hydroxylation sites is 1. The molecule has 0 aliphatic heterocycles. The van der Waals surface area contributed by atoms with Gasteiger partial charge in [0.2, 0.25) is 0 Å². The highest BCUT2D eigenvalue weighted by Crippen LogP contribution is 2.24. The van der Waals surface area contributed by atoms with E-state index in [2.05, 4.69) is 9.55 Å². The molecule has 0 unspecified atom stereocenters. The van der Waals surface area contributed by atoms with Gasteiger partial charge in [-0.15, -0.1) is 11.6 Å². The highest BCUT2D eigenvalue weighted by molar-refractivity contribution is 6.34. The minimum Gasteiger partial charge on any atom is -0.382 e. The lowest BCUT2D eigenvalue weighted by atomic mass is 10.3. The summed E-state index contributed by atoms with van der Waals surface area (Å²) in [6.07, 6.45) is 0.940.